The third-order valence-corrected chi connectivity index (χ3v) is 4.47. The van der Waals surface area contributed by atoms with Crippen LogP contribution < -0.4 is 10.2 Å². The number of aromatic carboxylic acids is 1. The molecule has 2 amide bonds. The SMILES string of the molecule is Cc1cccc(N2C(=O)S[C@@H](Nc3ccc(C(=O)O)cc3)C2=O)c1. The molecule has 2 N–H and O–H groups in total. The van der Waals surface area contributed by atoms with E-state index in [1.165, 1.54) is 12.1 Å². The molecule has 0 spiro atoms. The van der Waals surface area contributed by atoms with Crippen molar-refractivity contribution >= 4 is 40.3 Å². The minimum atomic E-state index is -1.02. The van der Waals surface area contributed by atoms with Crippen LogP contribution in [0.5, 0.6) is 0 Å². The first-order valence-electron chi connectivity index (χ1n) is 7.17. The van der Waals surface area contributed by atoms with Gasteiger partial charge in [-0.15, -0.1) is 0 Å². The fraction of sp³-hybridized carbons (Fsp3) is 0.118. The summed E-state index contributed by atoms with van der Waals surface area (Å²) >= 11 is 0.898. The zero-order chi connectivity index (χ0) is 17.3. The summed E-state index contributed by atoms with van der Waals surface area (Å²) in [5.74, 6) is -1.37. The molecule has 2 aromatic carbocycles. The predicted octanol–water partition coefficient (Wildman–Crippen LogP) is 3.33. The quantitative estimate of drug-likeness (QED) is 0.886. The van der Waals surface area contributed by atoms with Crippen molar-refractivity contribution in [2.75, 3.05) is 10.2 Å². The van der Waals surface area contributed by atoms with E-state index in [0.717, 1.165) is 22.2 Å². The van der Waals surface area contributed by atoms with E-state index < -0.39 is 11.3 Å². The van der Waals surface area contributed by atoms with Gasteiger partial charge in [0.2, 0.25) is 0 Å². The number of carboxylic acid groups (broad SMARTS) is 1. The molecular formula is C17H14N2O4S. The molecule has 1 aliphatic rings. The third kappa shape index (κ3) is 3.11. The smallest absolute Gasteiger partial charge is 0.335 e. The standard InChI is InChI=1S/C17H14N2O4S/c1-10-3-2-4-13(9-10)19-15(20)14(24-17(19)23)18-12-7-5-11(6-8-12)16(21)22/h2-9,14,18H,1H3,(H,21,22)/t14-/m1/s1. The van der Waals surface area contributed by atoms with E-state index in [9.17, 15) is 14.4 Å². The van der Waals surface area contributed by atoms with E-state index in [1.54, 1.807) is 30.3 Å². The van der Waals surface area contributed by atoms with Crippen LogP contribution >= 0.6 is 11.8 Å². The van der Waals surface area contributed by atoms with Gasteiger partial charge in [-0.05, 0) is 60.6 Å². The summed E-state index contributed by atoms with van der Waals surface area (Å²) in [5.41, 5.74) is 2.23. The molecule has 0 aromatic heterocycles. The van der Waals surface area contributed by atoms with E-state index in [-0.39, 0.29) is 16.7 Å². The van der Waals surface area contributed by atoms with E-state index in [4.69, 9.17) is 5.11 Å². The van der Waals surface area contributed by atoms with Crippen molar-refractivity contribution in [2.24, 2.45) is 0 Å². The third-order valence-electron chi connectivity index (χ3n) is 3.54. The van der Waals surface area contributed by atoms with Gasteiger partial charge in [0, 0.05) is 5.69 Å². The minimum Gasteiger partial charge on any atom is -0.478 e. The van der Waals surface area contributed by atoms with Crippen LogP contribution in [-0.2, 0) is 4.79 Å². The number of benzene rings is 2. The number of hydrogen-bond acceptors (Lipinski definition) is 5. The molecule has 7 heteroatoms. The normalized spacial score (nSPS) is 17.2. The number of nitrogens with zero attached hydrogens (tertiary/aromatic N) is 1. The van der Waals surface area contributed by atoms with Gasteiger partial charge < -0.3 is 10.4 Å². The predicted molar refractivity (Wildman–Crippen MR) is 92.5 cm³/mol. The highest BCUT2D eigenvalue weighted by Gasteiger charge is 2.40. The maximum absolute atomic E-state index is 12.5. The highest BCUT2D eigenvalue weighted by atomic mass is 32.2. The molecule has 6 nitrogen and oxygen atoms in total. The van der Waals surface area contributed by atoms with Gasteiger partial charge in [-0.2, -0.15) is 0 Å². The average Bonchev–Trinajstić information content (AvgIpc) is 2.82. The van der Waals surface area contributed by atoms with Crippen LogP contribution in [0.25, 0.3) is 0 Å². The molecule has 1 atom stereocenters. The van der Waals surface area contributed by atoms with Crippen LogP contribution in [-0.4, -0.2) is 27.6 Å². The topological polar surface area (TPSA) is 86.7 Å². The van der Waals surface area contributed by atoms with Gasteiger partial charge in [-0.3, -0.25) is 9.59 Å². The highest BCUT2D eigenvalue weighted by molar-refractivity contribution is 8.16. The Labute approximate surface area is 142 Å². The molecule has 3 rings (SSSR count). The van der Waals surface area contributed by atoms with Crippen molar-refractivity contribution in [3.8, 4) is 0 Å². The lowest BCUT2D eigenvalue weighted by Gasteiger charge is -2.15. The maximum atomic E-state index is 12.5. The van der Waals surface area contributed by atoms with Gasteiger partial charge >= 0.3 is 5.97 Å². The number of imide groups is 1. The molecule has 0 bridgehead atoms. The first-order valence-corrected chi connectivity index (χ1v) is 8.05. The number of carboxylic acids is 1. The number of nitrogens with one attached hydrogen (secondary N) is 1. The Morgan fingerprint density at radius 3 is 2.50 bits per heavy atom. The van der Waals surface area contributed by atoms with Gasteiger partial charge in [0.25, 0.3) is 11.1 Å². The van der Waals surface area contributed by atoms with Crippen molar-refractivity contribution in [1.29, 1.82) is 0 Å². The van der Waals surface area contributed by atoms with E-state index in [1.807, 2.05) is 13.0 Å². The van der Waals surface area contributed by atoms with Crippen LogP contribution in [0.4, 0.5) is 16.2 Å². The number of aryl methyl sites for hydroxylation is 1. The minimum absolute atomic E-state index is 0.156. The number of thioether (sulfide) groups is 1. The molecule has 1 heterocycles. The average molecular weight is 342 g/mol. The molecule has 1 saturated heterocycles. The zero-order valence-electron chi connectivity index (χ0n) is 12.7. The lowest BCUT2D eigenvalue weighted by molar-refractivity contribution is -0.116. The Bertz CT molecular complexity index is 820. The molecule has 2 aromatic rings. The van der Waals surface area contributed by atoms with Crippen LogP contribution in [0.15, 0.2) is 48.5 Å². The highest BCUT2D eigenvalue weighted by Crippen LogP contribution is 2.32. The first kappa shape index (κ1) is 16.1. The van der Waals surface area contributed by atoms with Crippen molar-refractivity contribution in [3.05, 3.63) is 59.7 Å². The largest absolute Gasteiger partial charge is 0.478 e. The van der Waals surface area contributed by atoms with Crippen molar-refractivity contribution in [2.45, 2.75) is 12.3 Å². The summed E-state index contributed by atoms with van der Waals surface area (Å²) in [4.78, 5) is 36.7. The Hall–Kier alpha value is -2.80. The second-order valence-electron chi connectivity index (χ2n) is 5.30. The lowest BCUT2D eigenvalue weighted by atomic mass is 10.2. The molecule has 24 heavy (non-hydrogen) atoms. The Balaban J connectivity index is 1.77. The van der Waals surface area contributed by atoms with Gasteiger partial charge in [0.05, 0.1) is 11.3 Å². The van der Waals surface area contributed by atoms with Gasteiger partial charge in [0.15, 0.2) is 5.37 Å². The molecular weight excluding hydrogens is 328 g/mol. The van der Waals surface area contributed by atoms with E-state index in [0.29, 0.717) is 11.4 Å². The summed E-state index contributed by atoms with van der Waals surface area (Å²) in [7, 11) is 0. The van der Waals surface area contributed by atoms with E-state index in [2.05, 4.69) is 5.32 Å². The molecule has 1 aliphatic heterocycles. The Kier molecular flexibility index (Phi) is 4.26. The second kappa shape index (κ2) is 6.37. The van der Waals surface area contributed by atoms with Crippen LogP contribution in [0.2, 0.25) is 0 Å². The summed E-state index contributed by atoms with van der Waals surface area (Å²) in [6, 6.07) is 13.2. The molecule has 0 unspecified atom stereocenters. The van der Waals surface area contributed by atoms with Crippen molar-refractivity contribution < 1.29 is 19.5 Å². The fourth-order valence-corrected chi connectivity index (χ4v) is 3.27. The fourth-order valence-electron chi connectivity index (χ4n) is 2.36. The number of anilines is 2. The van der Waals surface area contributed by atoms with Crippen LogP contribution in [0, 0.1) is 6.92 Å². The number of rotatable bonds is 4. The zero-order valence-corrected chi connectivity index (χ0v) is 13.5. The van der Waals surface area contributed by atoms with E-state index >= 15 is 0 Å². The molecule has 1 fully saturated rings. The summed E-state index contributed by atoms with van der Waals surface area (Å²) in [6.45, 7) is 1.89. The summed E-state index contributed by atoms with van der Waals surface area (Å²) in [6.07, 6.45) is 0. The summed E-state index contributed by atoms with van der Waals surface area (Å²) < 4.78 is 0. The molecule has 0 radical (unpaired) electrons. The first-order chi connectivity index (χ1) is 11.5. The van der Waals surface area contributed by atoms with Crippen LogP contribution in [0.3, 0.4) is 0 Å². The van der Waals surface area contributed by atoms with Crippen molar-refractivity contribution in [3.63, 3.8) is 0 Å². The Morgan fingerprint density at radius 2 is 1.88 bits per heavy atom. The number of amides is 2. The number of carbonyl (C=O) groups excluding carboxylic acids is 2. The monoisotopic (exact) mass is 342 g/mol. The van der Waals surface area contributed by atoms with Gasteiger partial charge in [-0.25, -0.2) is 9.69 Å². The van der Waals surface area contributed by atoms with Gasteiger partial charge in [-0.1, -0.05) is 12.1 Å². The second-order valence-corrected chi connectivity index (χ2v) is 6.36. The van der Waals surface area contributed by atoms with Crippen molar-refractivity contribution in [1.82, 2.24) is 0 Å². The molecule has 0 aliphatic carbocycles. The number of carbonyl (C=O) groups is 3. The van der Waals surface area contributed by atoms with Gasteiger partial charge in [0.1, 0.15) is 0 Å². The van der Waals surface area contributed by atoms with Crippen LogP contribution in [0.1, 0.15) is 15.9 Å². The summed E-state index contributed by atoms with van der Waals surface area (Å²) in [5, 5.41) is 10.8. The number of hydrogen-bond donors (Lipinski definition) is 2. The maximum Gasteiger partial charge on any atom is 0.335 e. The molecule has 0 saturated carbocycles. The lowest BCUT2D eigenvalue weighted by Crippen LogP contribution is -2.34. The Morgan fingerprint density at radius 1 is 1.17 bits per heavy atom. The molecule has 122 valence electrons.